The molecule has 0 atom stereocenters. The van der Waals surface area contributed by atoms with Crippen molar-refractivity contribution in [2.45, 2.75) is 52.5 Å². The van der Waals surface area contributed by atoms with Crippen LogP contribution >= 0.6 is 0 Å². The van der Waals surface area contributed by atoms with Gasteiger partial charge in [-0.25, -0.2) is 14.4 Å². The van der Waals surface area contributed by atoms with Crippen LogP contribution in [0.15, 0.2) is 54.7 Å². The summed E-state index contributed by atoms with van der Waals surface area (Å²) < 4.78 is 22.2. The highest BCUT2D eigenvalue weighted by atomic mass is 19.1. The van der Waals surface area contributed by atoms with E-state index in [2.05, 4.69) is 34.4 Å². The molecular weight excluding hydrogens is 507 g/mol. The second kappa shape index (κ2) is 11.6. The number of piperidine rings is 1. The Hall–Kier alpha value is -3.98. The van der Waals surface area contributed by atoms with Gasteiger partial charge < -0.3 is 24.8 Å². The molecule has 0 saturated carbocycles. The number of fused-ring (bicyclic) bond motifs is 1. The average Bonchev–Trinajstić information content (AvgIpc) is 3.23. The van der Waals surface area contributed by atoms with Crippen LogP contribution < -0.4 is 15.4 Å². The highest BCUT2D eigenvalue weighted by molar-refractivity contribution is 5.92. The molecule has 8 nitrogen and oxygen atoms in total. The minimum Gasteiger partial charge on any atom is -0.457 e. The highest BCUT2D eigenvalue weighted by Crippen LogP contribution is 2.30. The summed E-state index contributed by atoms with van der Waals surface area (Å²) >= 11 is 0. The molecule has 0 unspecified atom stereocenters. The Morgan fingerprint density at radius 2 is 1.77 bits per heavy atom. The lowest BCUT2D eigenvalue weighted by atomic mass is 9.95. The molecule has 210 valence electrons. The largest absolute Gasteiger partial charge is 0.457 e. The summed E-state index contributed by atoms with van der Waals surface area (Å²) in [7, 11) is 1.93. The Balaban J connectivity index is 1.26. The van der Waals surface area contributed by atoms with Crippen LogP contribution in [0.5, 0.6) is 11.5 Å². The molecule has 1 saturated heterocycles. The minimum atomic E-state index is -0.210. The van der Waals surface area contributed by atoms with Gasteiger partial charge in [0.2, 0.25) is 11.9 Å². The first-order valence-electron chi connectivity index (χ1n) is 13.9. The molecule has 40 heavy (non-hydrogen) atoms. The van der Waals surface area contributed by atoms with E-state index in [4.69, 9.17) is 9.72 Å². The molecule has 1 aliphatic rings. The summed E-state index contributed by atoms with van der Waals surface area (Å²) in [5.74, 6) is 2.16. The van der Waals surface area contributed by atoms with Crippen LogP contribution in [0.2, 0.25) is 0 Å². The second-order valence-corrected chi connectivity index (χ2v) is 11.0. The van der Waals surface area contributed by atoms with E-state index >= 15 is 0 Å². The van der Waals surface area contributed by atoms with E-state index in [1.165, 1.54) is 6.07 Å². The summed E-state index contributed by atoms with van der Waals surface area (Å²) in [6, 6.07) is 14.7. The maximum Gasteiger partial charge on any atom is 0.228 e. The van der Waals surface area contributed by atoms with Gasteiger partial charge >= 0.3 is 0 Å². The van der Waals surface area contributed by atoms with Gasteiger partial charge in [0.05, 0.1) is 11.0 Å². The predicted molar refractivity (Wildman–Crippen MR) is 157 cm³/mol. The number of hydrogen-bond donors (Lipinski definition) is 2. The fourth-order valence-electron chi connectivity index (χ4n) is 5.13. The summed E-state index contributed by atoms with van der Waals surface area (Å²) in [6.07, 6.45) is 3.32. The third-order valence-corrected chi connectivity index (χ3v) is 7.58. The molecular formula is C31H37FN6O2. The van der Waals surface area contributed by atoms with Gasteiger partial charge in [0.1, 0.15) is 23.1 Å². The number of amides is 1. The molecule has 4 aromatic rings. The molecule has 1 aliphatic heterocycles. The fourth-order valence-corrected chi connectivity index (χ4v) is 5.13. The van der Waals surface area contributed by atoms with Crippen LogP contribution in [0.25, 0.3) is 11.0 Å². The van der Waals surface area contributed by atoms with Gasteiger partial charge in [0.15, 0.2) is 0 Å². The van der Waals surface area contributed by atoms with Gasteiger partial charge in [-0.15, -0.1) is 0 Å². The molecule has 9 heteroatoms. The third kappa shape index (κ3) is 6.09. The number of anilines is 3. The number of aromatic nitrogens is 3. The zero-order valence-corrected chi connectivity index (χ0v) is 23.7. The number of nitrogens with zero attached hydrogens (tertiary/aromatic N) is 4. The Kier molecular flexibility index (Phi) is 8.02. The molecule has 2 N–H and O–H groups in total. The lowest BCUT2D eigenvalue weighted by Crippen LogP contribution is -2.41. The number of carbonyl (C=O) groups is 1. The van der Waals surface area contributed by atoms with E-state index in [9.17, 15) is 9.18 Å². The van der Waals surface area contributed by atoms with E-state index in [0.717, 1.165) is 42.7 Å². The zero-order valence-electron chi connectivity index (χ0n) is 23.7. The molecule has 0 spiro atoms. The average molecular weight is 545 g/mol. The number of halogens is 1. The van der Waals surface area contributed by atoms with Gasteiger partial charge in [-0.2, -0.15) is 0 Å². The highest BCUT2D eigenvalue weighted by Gasteiger charge is 2.26. The van der Waals surface area contributed by atoms with Gasteiger partial charge in [-0.05, 0) is 87.7 Å². The maximum atomic E-state index is 14.1. The molecule has 2 aromatic heterocycles. The van der Waals surface area contributed by atoms with Gasteiger partial charge in [0, 0.05) is 43.0 Å². The van der Waals surface area contributed by atoms with Crippen molar-refractivity contribution in [2.24, 2.45) is 13.0 Å². The molecule has 3 heterocycles. The Morgan fingerprint density at radius 3 is 2.50 bits per heavy atom. The summed E-state index contributed by atoms with van der Waals surface area (Å²) in [6.45, 7) is 10.2. The van der Waals surface area contributed by atoms with Crippen molar-refractivity contribution >= 4 is 34.4 Å². The summed E-state index contributed by atoms with van der Waals surface area (Å²) in [5.41, 5.74) is 3.11. The van der Waals surface area contributed by atoms with Crippen molar-refractivity contribution in [1.82, 2.24) is 19.4 Å². The Labute approximate surface area is 234 Å². The lowest BCUT2D eigenvalue weighted by molar-refractivity contribution is -0.121. The van der Waals surface area contributed by atoms with Crippen LogP contribution in [0.1, 0.15) is 52.0 Å². The number of carbonyl (C=O) groups excluding carboxylic acids is 1. The molecule has 1 fully saturated rings. The van der Waals surface area contributed by atoms with Crippen molar-refractivity contribution in [3.63, 3.8) is 0 Å². The van der Waals surface area contributed by atoms with E-state index in [1.807, 2.05) is 49.7 Å². The van der Waals surface area contributed by atoms with Crippen LogP contribution in [0, 0.1) is 11.7 Å². The fraction of sp³-hybridized carbons (Fsp3) is 0.387. The van der Waals surface area contributed by atoms with E-state index < -0.39 is 0 Å². The van der Waals surface area contributed by atoms with Crippen molar-refractivity contribution in [3.8, 4) is 11.5 Å². The Morgan fingerprint density at radius 1 is 1.02 bits per heavy atom. The van der Waals surface area contributed by atoms with E-state index in [0.29, 0.717) is 34.9 Å². The van der Waals surface area contributed by atoms with E-state index in [1.54, 1.807) is 24.4 Å². The quantitative estimate of drug-likeness (QED) is 0.253. The van der Waals surface area contributed by atoms with Crippen LogP contribution in [-0.2, 0) is 11.8 Å². The molecule has 5 rings (SSSR count). The van der Waals surface area contributed by atoms with Crippen LogP contribution in [0.4, 0.5) is 21.8 Å². The standard InChI is InChI=1S/C31H37FN6O2/c1-19(2)25-16-22(6-8-26(25)32)34-31-35-27-17-23(7-9-28(27)37(31)5)40-24-10-13-33-29(18-24)36-30(39)21-11-14-38(15-12-21)20(3)4/h6-10,13,16-21H,11-12,14-15H2,1-5H3,(H,34,35)(H,33,36,39). The lowest BCUT2D eigenvalue weighted by Gasteiger charge is -2.33. The minimum absolute atomic E-state index is 0.00431. The second-order valence-electron chi connectivity index (χ2n) is 11.0. The first-order chi connectivity index (χ1) is 19.2. The SMILES string of the molecule is CC(C)c1cc(Nc2nc3cc(Oc4ccnc(NC(=O)C5CCN(C(C)C)CC5)c4)ccc3n2C)ccc1F. The van der Waals surface area contributed by atoms with Crippen molar-refractivity contribution in [1.29, 1.82) is 0 Å². The number of likely N-dealkylation sites (tertiary alicyclic amines) is 1. The van der Waals surface area contributed by atoms with Crippen molar-refractivity contribution in [3.05, 3.63) is 66.1 Å². The van der Waals surface area contributed by atoms with Gasteiger partial charge in [-0.3, -0.25) is 4.79 Å². The smallest absolute Gasteiger partial charge is 0.228 e. The molecule has 1 amide bonds. The number of nitrogens with one attached hydrogen (secondary N) is 2. The topological polar surface area (TPSA) is 84.3 Å². The molecule has 0 radical (unpaired) electrons. The number of hydrogen-bond acceptors (Lipinski definition) is 6. The summed E-state index contributed by atoms with van der Waals surface area (Å²) in [4.78, 5) is 24.3. The van der Waals surface area contributed by atoms with Gasteiger partial charge in [-0.1, -0.05) is 13.8 Å². The number of rotatable bonds is 8. The Bertz CT molecular complexity index is 1510. The molecule has 2 aromatic carbocycles. The third-order valence-electron chi connectivity index (χ3n) is 7.58. The van der Waals surface area contributed by atoms with Crippen LogP contribution in [0.3, 0.4) is 0 Å². The molecule has 0 bridgehead atoms. The van der Waals surface area contributed by atoms with Crippen molar-refractivity contribution < 1.29 is 13.9 Å². The first-order valence-corrected chi connectivity index (χ1v) is 13.9. The number of pyridine rings is 1. The zero-order chi connectivity index (χ0) is 28.4. The first kappa shape index (κ1) is 27.6. The number of ether oxygens (including phenoxy) is 1. The van der Waals surface area contributed by atoms with Crippen molar-refractivity contribution in [2.75, 3.05) is 23.7 Å². The monoisotopic (exact) mass is 544 g/mol. The van der Waals surface area contributed by atoms with E-state index in [-0.39, 0.29) is 23.6 Å². The maximum absolute atomic E-state index is 14.1. The van der Waals surface area contributed by atoms with Gasteiger partial charge in [0.25, 0.3) is 0 Å². The predicted octanol–water partition coefficient (Wildman–Crippen LogP) is 6.83. The number of benzene rings is 2. The normalized spacial score (nSPS) is 14.7. The van der Waals surface area contributed by atoms with Crippen LogP contribution in [-0.4, -0.2) is 44.5 Å². The molecule has 0 aliphatic carbocycles. The number of aryl methyl sites for hydroxylation is 1. The number of imidazole rings is 1. The summed E-state index contributed by atoms with van der Waals surface area (Å²) in [5, 5.41) is 6.27.